The Bertz CT molecular complexity index is 704. The van der Waals surface area contributed by atoms with Gasteiger partial charge in [-0.25, -0.2) is 4.79 Å². The van der Waals surface area contributed by atoms with Crippen LogP contribution in [-0.4, -0.2) is 64.7 Å². The summed E-state index contributed by atoms with van der Waals surface area (Å²) >= 11 is 2.73. The number of rotatable bonds is 5. The van der Waals surface area contributed by atoms with E-state index in [0.717, 1.165) is 0 Å². The van der Waals surface area contributed by atoms with Gasteiger partial charge >= 0.3 is 12.0 Å². The largest absolute Gasteiger partial charge is 0.479 e. The lowest BCUT2D eigenvalue weighted by atomic mass is 10.0. The van der Waals surface area contributed by atoms with Gasteiger partial charge in [0.25, 0.3) is 0 Å². The van der Waals surface area contributed by atoms with Crippen LogP contribution in [-0.2, 0) is 16.1 Å². The Morgan fingerprint density at radius 2 is 2.26 bits per heavy atom. The molecule has 9 nitrogen and oxygen atoms in total. The van der Waals surface area contributed by atoms with E-state index in [1.807, 2.05) is 6.92 Å². The zero-order chi connectivity index (χ0) is 16.7. The molecule has 0 radical (unpaired) electrons. The molecule has 3 rings (SSSR count). The third-order valence-electron chi connectivity index (χ3n) is 3.68. The number of amides is 1. The van der Waals surface area contributed by atoms with E-state index in [-0.39, 0.29) is 23.0 Å². The highest BCUT2D eigenvalue weighted by atomic mass is 32.2. The van der Waals surface area contributed by atoms with Crippen molar-refractivity contribution in [3.8, 4) is 6.01 Å². The molecule has 1 aromatic rings. The van der Waals surface area contributed by atoms with Gasteiger partial charge in [-0.3, -0.25) is 14.3 Å². The first-order chi connectivity index (χ1) is 11.0. The van der Waals surface area contributed by atoms with Crippen LogP contribution in [0.25, 0.3) is 0 Å². The summed E-state index contributed by atoms with van der Waals surface area (Å²) in [6.45, 7) is 2.35. The Balaban J connectivity index is 1.82. The Hall–Kier alpha value is -1.72. The molecule has 3 heterocycles. The molecule has 11 heteroatoms. The van der Waals surface area contributed by atoms with E-state index in [2.05, 4.69) is 10.2 Å². The second-order valence-electron chi connectivity index (χ2n) is 5.01. The number of nitrogens with zero attached hydrogens (tertiary/aromatic N) is 4. The average Bonchev–Trinajstić information content (AvgIpc) is 2.90. The third-order valence-corrected chi connectivity index (χ3v) is 6.09. The number of nitrogens with two attached hydrogens (primary N) is 1. The molecule has 0 aliphatic carbocycles. The van der Waals surface area contributed by atoms with Crippen molar-refractivity contribution in [1.82, 2.24) is 19.7 Å². The maximum atomic E-state index is 11.9. The summed E-state index contributed by atoms with van der Waals surface area (Å²) in [5.74, 6) is -0.663. The van der Waals surface area contributed by atoms with Crippen molar-refractivity contribution in [3.63, 3.8) is 0 Å². The van der Waals surface area contributed by atoms with Gasteiger partial charge in [0.15, 0.2) is 5.16 Å². The highest BCUT2D eigenvalue weighted by Gasteiger charge is 2.51. The lowest BCUT2D eigenvalue weighted by molar-refractivity contribution is -0.147. The minimum atomic E-state index is -1.13. The number of aliphatic carboxylic acids is 1. The summed E-state index contributed by atoms with van der Waals surface area (Å²) < 4.78 is 1.52. The van der Waals surface area contributed by atoms with Crippen LogP contribution in [0.4, 0.5) is 0 Å². The first-order valence-electron chi connectivity index (χ1n) is 6.86. The zero-order valence-electron chi connectivity index (χ0n) is 12.2. The van der Waals surface area contributed by atoms with Crippen molar-refractivity contribution in [2.75, 3.05) is 11.5 Å². The fourth-order valence-electron chi connectivity index (χ4n) is 2.51. The molecule has 124 valence electrons. The van der Waals surface area contributed by atoms with Gasteiger partial charge in [0.05, 0.1) is 0 Å². The topological polar surface area (TPSA) is 135 Å². The van der Waals surface area contributed by atoms with Crippen molar-refractivity contribution in [2.45, 2.75) is 30.0 Å². The van der Waals surface area contributed by atoms with Crippen LogP contribution in [0.15, 0.2) is 16.4 Å². The van der Waals surface area contributed by atoms with Gasteiger partial charge in [-0.1, -0.05) is 16.9 Å². The van der Waals surface area contributed by atoms with Gasteiger partial charge < -0.3 is 15.9 Å². The van der Waals surface area contributed by atoms with E-state index in [0.29, 0.717) is 28.8 Å². The lowest BCUT2D eigenvalue weighted by Crippen LogP contribution is -2.68. The number of β-lactam (4-membered cyclic amide) rings is 1. The second kappa shape index (κ2) is 6.06. The summed E-state index contributed by atoms with van der Waals surface area (Å²) in [7, 11) is 0. The molecule has 1 saturated heterocycles. The van der Waals surface area contributed by atoms with Crippen LogP contribution in [0, 0.1) is 0 Å². The van der Waals surface area contributed by atoms with Crippen LogP contribution >= 0.6 is 23.5 Å². The Kier molecular flexibility index (Phi) is 4.25. The van der Waals surface area contributed by atoms with Crippen LogP contribution in [0.5, 0.6) is 6.01 Å². The molecule has 2 aliphatic heterocycles. The molecule has 0 spiro atoms. The van der Waals surface area contributed by atoms with Gasteiger partial charge in [0, 0.05) is 18.1 Å². The quantitative estimate of drug-likeness (QED) is 0.478. The average molecular weight is 357 g/mol. The smallest absolute Gasteiger partial charge is 0.352 e. The number of carbonyl (C=O) groups excluding carboxylic acids is 1. The number of carboxylic acids is 1. The summed E-state index contributed by atoms with van der Waals surface area (Å²) in [5, 5.41) is 26.7. The molecule has 2 atom stereocenters. The molecule has 1 amide bonds. The molecule has 0 aromatic carbocycles. The number of carboxylic acid groups (broad SMARTS) is 1. The molecule has 1 fully saturated rings. The van der Waals surface area contributed by atoms with Crippen LogP contribution < -0.4 is 5.73 Å². The van der Waals surface area contributed by atoms with Gasteiger partial charge in [0.2, 0.25) is 5.91 Å². The van der Waals surface area contributed by atoms with E-state index >= 15 is 0 Å². The Morgan fingerprint density at radius 1 is 1.52 bits per heavy atom. The number of aromatic nitrogens is 3. The summed E-state index contributed by atoms with van der Waals surface area (Å²) in [6.07, 6.45) is 0. The van der Waals surface area contributed by atoms with E-state index in [1.54, 1.807) is 0 Å². The predicted octanol–water partition coefficient (Wildman–Crippen LogP) is -0.323. The van der Waals surface area contributed by atoms with Gasteiger partial charge in [-0.15, -0.1) is 16.9 Å². The first kappa shape index (κ1) is 16.1. The fourth-order valence-corrected chi connectivity index (χ4v) is 4.94. The monoisotopic (exact) mass is 357 g/mol. The number of thioether (sulfide) groups is 2. The molecule has 1 aromatic heterocycles. The lowest BCUT2D eigenvalue weighted by Gasteiger charge is -2.48. The van der Waals surface area contributed by atoms with Crippen LogP contribution in [0.1, 0.15) is 6.92 Å². The number of carbonyl (C=O) groups is 2. The minimum absolute atomic E-state index is 0.0136. The van der Waals surface area contributed by atoms with Crippen molar-refractivity contribution in [3.05, 3.63) is 11.3 Å². The van der Waals surface area contributed by atoms with Crippen molar-refractivity contribution < 1.29 is 19.8 Å². The Morgan fingerprint density at radius 3 is 2.91 bits per heavy atom. The molecule has 0 saturated carbocycles. The van der Waals surface area contributed by atoms with Gasteiger partial charge in [-0.2, -0.15) is 0 Å². The highest BCUT2D eigenvalue weighted by molar-refractivity contribution is 8.01. The van der Waals surface area contributed by atoms with E-state index < -0.39 is 12.0 Å². The van der Waals surface area contributed by atoms with E-state index in [1.165, 1.54) is 33.0 Å². The normalized spacial score (nSPS) is 23.7. The van der Waals surface area contributed by atoms with Crippen molar-refractivity contribution in [2.24, 2.45) is 5.73 Å². The molecule has 0 bridgehead atoms. The SMILES string of the molecule is CCn1c(O)nnc1SCC1=C(C(=O)O)N2C(=O)C(N)[C@@H]2SC1. The number of hydrogen-bond donors (Lipinski definition) is 3. The molecule has 2 aliphatic rings. The summed E-state index contributed by atoms with van der Waals surface area (Å²) in [4.78, 5) is 24.7. The standard InChI is InChI=1S/C12H15N5O4S2/c1-2-16-11(21)14-15-12(16)23-4-5-3-22-9-6(13)8(18)17(9)7(5)10(19)20/h6,9H,2-4,13H2,1H3,(H,14,21)(H,19,20)/t6?,9-/m0/s1. The van der Waals surface area contributed by atoms with Gasteiger partial charge in [-0.05, 0) is 12.5 Å². The second-order valence-corrected chi connectivity index (χ2v) is 7.06. The van der Waals surface area contributed by atoms with Crippen LogP contribution in [0.2, 0.25) is 0 Å². The molecule has 4 N–H and O–H groups in total. The van der Waals surface area contributed by atoms with Crippen LogP contribution in [0.3, 0.4) is 0 Å². The van der Waals surface area contributed by atoms with Crippen molar-refractivity contribution in [1.29, 1.82) is 0 Å². The predicted molar refractivity (Wildman–Crippen MR) is 83.8 cm³/mol. The fraction of sp³-hybridized carbons (Fsp3) is 0.500. The van der Waals surface area contributed by atoms with Gasteiger partial charge in [0.1, 0.15) is 17.1 Å². The molecular weight excluding hydrogens is 342 g/mol. The molecule has 23 heavy (non-hydrogen) atoms. The zero-order valence-corrected chi connectivity index (χ0v) is 13.8. The number of aromatic hydroxyl groups is 1. The third kappa shape index (κ3) is 2.58. The van der Waals surface area contributed by atoms with E-state index in [4.69, 9.17) is 5.73 Å². The maximum Gasteiger partial charge on any atom is 0.352 e. The highest BCUT2D eigenvalue weighted by Crippen LogP contribution is 2.40. The molecular formula is C12H15N5O4S2. The maximum absolute atomic E-state index is 11.9. The Labute approximate surface area is 139 Å². The van der Waals surface area contributed by atoms with E-state index in [9.17, 15) is 19.8 Å². The number of hydrogen-bond acceptors (Lipinski definition) is 8. The first-order valence-corrected chi connectivity index (χ1v) is 8.89. The summed E-state index contributed by atoms with van der Waals surface area (Å²) in [5.41, 5.74) is 6.36. The summed E-state index contributed by atoms with van der Waals surface area (Å²) in [6, 6.07) is -0.812. The molecule has 1 unspecified atom stereocenters. The minimum Gasteiger partial charge on any atom is -0.479 e. The number of fused-ring (bicyclic) bond motifs is 1. The van der Waals surface area contributed by atoms with Crippen molar-refractivity contribution >= 4 is 35.4 Å².